The summed E-state index contributed by atoms with van der Waals surface area (Å²) >= 11 is 7.73. The van der Waals surface area contributed by atoms with E-state index in [2.05, 4.69) is 11.4 Å². The number of anilines is 1. The van der Waals surface area contributed by atoms with Gasteiger partial charge in [0.05, 0.1) is 23.4 Å². The van der Waals surface area contributed by atoms with Crippen molar-refractivity contribution in [2.45, 2.75) is 6.04 Å². The number of nitrogens with one attached hydrogen (secondary N) is 1. The zero-order chi connectivity index (χ0) is 21.4. The lowest BCUT2D eigenvalue weighted by atomic mass is 9.92. The van der Waals surface area contributed by atoms with Crippen LogP contribution in [0.25, 0.3) is 21.0 Å². The standard InChI is InChI=1S/C25H19ClN2O2S/c1-30-18-12-8-15-9-13-21(29)23(19(15)14-18)24(16-6-10-17(26)11-7-16)28-25-27-20-4-2-3-5-22(20)31-25/h2-14,24,29H,1H3,(H,27,28). The summed E-state index contributed by atoms with van der Waals surface area (Å²) < 4.78 is 6.55. The van der Waals surface area contributed by atoms with Gasteiger partial charge in [-0.2, -0.15) is 0 Å². The van der Waals surface area contributed by atoms with Crippen LogP contribution in [0.2, 0.25) is 5.02 Å². The lowest BCUT2D eigenvalue weighted by Crippen LogP contribution is -2.13. The first-order valence-electron chi connectivity index (χ1n) is 9.79. The van der Waals surface area contributed by atoms with Crippen LogP contribution in [0, 0.1) is 0 Å². The number of aromatic nitrogens is 1. The number of aromatic hydroxyl groups is 1. The van der Waals surface area contributed by atoms with Crippen LogP contribution in [0.5, 0.6) is 11.5 Å². The second-order valence-electron chi connectivity index (χ2n) is 7.20. The van der Waals surface area contributed by atoms with Gasteiger partial charge in [0.15, 0.2) is 5.13 Å². The predicted octanol–water partition coefficient (Wildman–Crippen LogP) is 7.02. The Hall–Kier alpha value is -3.28. The SMILES string of the molecule is COc1ccc2ccc(O)c(C(Nc3nc4ccccc4s3)c3ccc(Cl)cc3)c2c1. The number of halogens is 1. The highest BCUT2D eigenvalue weighted by Gasteiger charge is 2.22. The van der Waals surface area contributed by atoms with Crippen molar-refractivity contribution in [3.05, 3.63) is 95.0 Å². The minimum absolute atomic E-state index is 0.203. The molecule has 0 bridgehead atoms. The molecule has 0 amide bonds. The summed E-state index contributed by atoms with van der Waals surface area (Å²) in [4.78, 5) is 4.74. The van der Waals surface area contributed by atoms with Crippen LogP contribution in [-0.4, -0.2) is 17.2 Å². The number of ether oxygens (including phenoxy) is 1. The number of nitrogens with zero attached hydrogens (tertiary/aromatic N) is 1. The van der Waals surface area contributed by atoms with Gasteiger partial charge in [0, 0.05) is 10.6 Å². The number of para-hydroxylation sites is 1. The predicted molar refractivity (Wildman–Crippen MR) is 129 cm³/mol. The summed E-state index contributed by atoms with van der Waals surface area (Å²) in [6, 6.07) is 24.8. The number of rotatable bonds is 5. The van der Waals surface area contributed by atoms with Crippen LogP contribution in [0.3, 0.4) is 0 Å². The molecule has 0 aliphatic heterocycles. The molecular weight excluding hydrogens is 428 g/mol. The second kappa shape index (κ2) is 8.10. The van der Waals surface area contributed by atoms with E-state index < -0.39 is 0 Å². The molecule has 1 unspecified atom stereocenters. The average molecular weight is 447 g/mol. The first-order chi connectivity index (χ1) is 15.1. The van der Waals surface area contributed by atoms with Crippen molar-refractivity contribution in [1.82, 2.24) is 4.98 Å². The van der Waals surface area contributed by atoms with Gasteiger partial charge in [-0.05, 0) is 58.8 Å². The van der Waals surface area contributed by atoms with E-state index in [-0.39, 0.29) is 11.8 Å². The maximum Gasteiger partial charge on any atom is 0.184 e. The van der Waals surface area contributed by atoms with Crippen LogP contribution in [0.1, 0.15) is 17.2 Å². The fourth-order valence-electron chi connectivity index (χ4n) is 3.78. The summed E-state index contributed by atoms with van der Waals surface area (Å²) in [6.07, 6.45) is 0. The van der Waals surface area contributed by atoms with Crippen LogP contribution in [0.15, 0.2) is 78.9 Å². The smallest absolute Gasteiger partial charge is 0.184 e. The fraction of sp³-hybridized carbons (Fsp3) is 0.0800. The van der Waals surface area contributed by atoms with Crippen molar-refractivity contribution in [3.63, 3.8) is 0 Å². The van der Waals surface area contributed by atoms with Crippen molar-refractivity contribution in [3.8, 4) is 11.5 Å². The number of phenols is 1. The number of fused-ring (bicyclic) bond motifs is 2. The van der Waals surface area contributed by atoms with Crippen LogP contribution < -0.4 is 10.1 Å². The van der Waals surface area contributed by atoms with Crippen molar-refractivity contribution < 1.29 is 9.84 Å². The third-order valence-electron chi connectivity index (χ3n) is 5.30. The summed E-state index contributed by atoms with van der Waals surface area (Å²) in [5.74, 6) is 0.934. The van der Waals surface area contributed by atoms with E-state index in [1.54, 1.807) is 24.5 Å². The lowest BCUT2D eigenvalue weighted by molar-refractivity contribution is 0.415. The zero-order valence-electron chi connectivity index (χ0n) is 16.7. The first-order valence-corrected chi connectivity index (χ1v) is 11.0. The van der Waals surface area contributed by atoms with Crippen LogP contribution in [-0.2, 0) is 0 Å². The summed E-state index contributed by atoms with van der Waals surface area (Å²) in [7, 11) is 1.64. The molecule has 5 rings (SSSR count). The second-order valence-corrected chi connectivity index (χ2v) is 8.67. The van der Waals surface area contributed by atoms with Gasteiger partial charge in [-0.15, -0.1) is 0 Å². The molecule has 1 aromatic heterocycles. The third kappa shape index (κ3) is 3.78. The molecule has 4 aromatic carbocycles. The molecule has 1 heterocycles. The number of methoxy groups -OCH3 is 1. The van der Waals surface area contributed by atoms with Gasteiger partial charge in [0.25, 0.3) is 0 Å². The fourth-order valence-corrected chi connectivity index (χ4v) is 4.80. The Labute approximate surface area is 188 Å². The number of phenolic OH excluding ortho intramolecular Hbond substituents is 1. The van der Waals surface area contributed by atoms with Gasteiger partial charge in [0.1, 0.15) is 11.5 Å². The van der Waals surface area contributed by atoms with Crippen molar-refractivity contribution >= 4 is 49.1 Å². The van der Waals surface area contributed by atoms with E-state index in [9.17, 15) is 5.11 Å². The minimum Gasteiger partial charge on any atom is -0.508 e. The number of hydrogen-bond donors (Lipinski definition) is 2. The molecule has 0 saturated carbocycles. The molecule has 0 radical (unpaired) electrons. The monoisotopic (exact) mass is 446 g/mol. The van der Waals surface area contributed by atoms with E-state index in [1.807, 2.05) is 66.7 Å². The Bertz CT molecular complexity index is 1350. The van der Waals surface area contributed by atoms with E-state index in [1.165, 1.54) is 0 Å². The lowest BCUT2D eigenvalue weighted by Gasteiger charge is -2.22. The summed E-state index contributed by atoms with van der Waals surface area (Å²) in [5, 5.41) is 17.9. The molecular formula is C25H19ClN2O2S. The molecule has 0 spiro atoms. The van der Waals surface area contributed by atoms with Crippen molar-refractivity contribution in [2.24, 2.45) is 0 Å². The summed E-state index contributed by atoms with van der Waals surface area (Å²) in [6.45, 7) is 0. The highest BCUT2D eigenvalue weighted by Crippen LogP contribution is 2.40. The van der Waals surface area contributed by atoms with Gasteiger partial charge in [0.2, 0.25) is 0 Å². The first kappa shape index (κ1) is 19.7. The quantitative estimate of drug-likeness (QED) is 0.304. The van der Waals surface area contributed by atoms with Gasteiger partial charge in [-0.25, -0.2) is 4.98 Å². The number of hydrogen-bond acceptors (Lipinski definition) is 5. The van der Waals surface area contributed by atoms with Crippen molar-refractivity contribution in [1.29, 1.82) is 0 Å². The molecule has 5 aromatic rings. The molecule has 0 saturated heterocycles. The normalized spacial score (nSPS) is 12.2. The van der Waals surface area contributed by atoms with Crippen molar-refractivity contribution in [2.75, 3.05) is 12.4 Å². The third-order valence-corrected chi connectivity index (χ3v) is 6.52. The maximum atomic E-state index is 11.0. The molecule has 0 aliphatic rings. The van der Waals surface area contributed by atoms with Gasteiger partial charge >= 0.3 is 0 Å². The highest BCUT2D eigenvalue weighted by atomic mass is 35.5. The van der Waals surface area contributed by atoms with E-state index in [0.717, 1.165) is 43.0 Å². The van der Waals surface area contributed by atoms with Gasteiger partial charge < -0.3 is 15.2 Å². The Morgan fingerprint density at radius 2 is 1.77 bits per heavy atom. The maximum absolute atomic E-state index is 11.0. The molecule has 0 fully saturated rings. The molecule has 154 valence electrons. The topological polar surface area (TPSA) is 54.4 Å². The molecule has 2 N–H and O–H groups in total. The van der Waals surface area contributed by atoms with E-state index >= 15 is 0 Å². The number of benzene rings is 4. The summed E-state index contributed by atoms with van der Waals surface area (Å²) in [5.41, 5.74) is 2.67. The zero-order valence-corrected chi connectivity index (χ0v) is 18.2. The van der Waals surface area contributed by atoms with Crippen LogP contribution >= 0.6 is 22.9 Å². The minimum atomic E-state index is -0.339. The Morgan fingerprint density at radius 3 is 2.55 bits per heavy atom. The Balaban J connectivity index is 1.70. The van der Waals surface area contributed by atoms with Gasteiger partial charge in [-0.1, -0.05) is 59.3 Å². The Morgan fingerprint density at radius 1 is 1.00 bits per heavy atom. The largest absolute Gasteiger partial charge is 0.508 e. The molecule has 1 atom stereocenters. The average Bonchev–Trinajstić information content (AvgIpc) is 3.20. The van der Waals surface area contributed by atoms with Gasteiger partial charge in [-0.3, -0.25) is 0 Å². The molecule has 31 heavy (non-hydrogen) atoms. The van der Waals surface area contributed by atoms with E-state index in [4.69, 9.17) is 21.3 Å². The van der Waals surface area contributed by atoms with Crippen LogP contribution in [0.4, 0.5) is 5.13 Å². The Kier molecular flexibility index (Phi) is 5.14. The highest BCUT2D eigenvalue weighted by molar-refractivity contribution is 7.22. The molecule has 0 aliphatic carbocycles. The molecule has 6 heteroatoms. The molecule has 4 nitrogen and oxygen atoms in total. The number of thiazole rings is 1. The van der Waals surface area contributed by atoms with E-state index in [0.29, 0.717) is 5.02 Å².